The second kappa shape index (κ2) is 7.40. The maximum atomic E-state index is 12.6. The molecule has 1 aliphatic heterocycles. The SMILES string of the molecule is C[C@H](OC(=O)c1cccc2c1O[C@@H](C)[C@H]2C)C(=O)Nc1sccc1C(N)=O. The Bertz CT molecular complexity index is 907. The molecule has 1 aromatic heterocycles. The van der Waals surface area contributed by atoms with Crippen LogP contribution in [0.5, 0.6) is 5.75 Å². The second-order valence-electron chi connectivity index (χ2n) is 6.40. The molecule has 142 valence electrons. The average Bonchev–Trinajstić information content (AvgIpc) is 3.19. The van der Waals surface area contributed by atoms with E-state index < -0.39 is 23.9 Å². The molecular formula is C19H20N2O5S. The van der Waals surface area contributed by atoms with Crippen LogP contribution in [0.25, 0.3) is 0 Å². The molecule has 7 nitrogen and oxygen atoms in total. The van der Waals surface area contributed by atoms with Crippen molar-refractivity contribution in [2.24, 2.45) is 5.73 Å². The number of carbonyl (C=O) groups is 3. The van der Waals surface area contributed by atoms with Crippen LogP contribution in [0.3, 0.4) is 0 Å². The fourth-order valence-electron chi connectivity index (χ4n) is 2.84. The van der Waals surface area contributed by atoms with Crippen molar-refractivity contribution in [3.8, 4) is 5.75 Å². The second-order valence-corrected chi connectivity index (χ2v) is 7.32. The molecule has 1 aromatic carbocycles. The Labute approximate surface area is 160 Å². The van der Waals surface area contributed by atoms with Crippen LogP contribution in [0.4, 0.5) is 5.00 Å². The molecule has 0 saturated carbocycles. The highest BCUT2D eigenvalue weighted by molar-refractivity contribution is 7.14. The van der Waals surface area contributed by atoms with Gasteiger partial charge in [-0.1, -0.05) is 19.1 Å². The van der Waals surface area contributed by atoms with Crippen molar-refractivity contribution in [3.05, 3.63) is 46.3 Å². The number of nitrogens with one attached hydrogen (secondary N) is 1. The number of hydrogen-bond donors (Lipinski definition) is 2. The number of benzene rings is 1. The fourth-order valence-corrected chi connectivity index (χ4v) is 3.63. The lowest BCUT2D eigenvalue weighted by Gasteiger charge is -2.14. The number of nitrogens with two attached hydrogens (primary N) is 1. The normalized spacial score (nSPS) is 18.9. The number of hydrogen-bond acceptors (Lipinski definition) is 6. The van der Waals surface area contributed by atoms with Gasteiger partial charge in [-0.3, -0.25) is 9.59 Å². The maximum absolute atomic E-state index is 12.6. The van der Waals surface area contributed by atoms with Crippen LogP contribution in [-0.2, 0) is 9.53 Å². The number of amides is 2. The van der Waals surface area contributed by atoms with Crippen molar-refractivity contribution in [2.45, 2.75) is 38.9 Å². The molecule has 0 fully saturated rings. The molecule has 8 heteroatoms. The highest BCUT2D eigenvalue weighted by Gasteiger charge is 2.32. The molecule has 2 aromatic rings. The summed E-state index contributed by atoms with van der Waals surface area (Å²) in [6, 6.07) is 6.81. The molecule has 0 unspecified atom stereocenters. The summed E-state index contributed by atoms with van der Waals surface area (Å²) in [5, 5.41) is 4.52. The van der Waals surface area contributed by atoms with Gasteiger partial charge in [0.2, 0.25) is 0 Å². The minimum Gasteiger partial charge on any atom is -0.489 e. The first kappa shape index (κ1) is 18.9. The van der Waals surface area contributed by atoms with Crippen molar-refractivity contribution in [2.75, 3.05) is 5.32 Å². The van der Waals surface area contributed by atoms with Gasteiger partial charge in [-0.25, -0.2) is 4.79 Å². The van der Waals surface area contributed by atoms with E-state index >= 15 is 0 Å². The first-order valence-electron chi connectivity index (χ1n) is 8.48. The van der Waals surface area contributed by atoms with Gasteiger partial charge in [0.25, 0.3) is 11.8 Å². The third-order valence-corrected chi connectivity index (χ3v) is 5.41. The molecule has 2 heterocycles. The summed E-state index contributed by atoms with van der Waals surface area (Å²) >= 11 is 1.16. The Morgan fingerprint density at radius 2 is 1.96 bits per heavy atom. The van der Waals surface area contributed by atoms with Crippen molar-refractivity contribution < 1.29 is 23.9 Å². The minimum atomic E-state index is -1.06. The van der Waals surface area contributed by atoms with Crippen molar-refractivity contribution in [1.29, 1.82) is 0 Å². The number of fused-ring (bicyclic) bond motifs is 1. The molecule has 2 amide bonds. The number of anilines is 1. The zero-order chi connectivity index (χ0) is 19.7. The van der Waals surface area contributed by atoms with Gasteiger partial charge in [-0.05, 0) is 31.4 Å². The summed E-state index contributed by atoms with van der Waals surface area (Å²) < 4.78 is 11.1. The molecule has 1 aliphatic rings. The Hall–Kier alpha value is -2.87. The van der Waals surface area contributed by atoms with Gasteiger partial charge >= 0.3 is 5.97 Å². The van der Waals surface area contributed by atoms with E-state index in [-0.39, 0.29) is 23.1 Å². The summed E-state index contributed by atoms with van der Waals surface area (Å²) in [6.45, 7) is 5.42. The van der Waals surface area contributed by atoms with Gasteiger partial charge in [-0.15, -0.1) is 11.3 Å². The Balaban J connectivity index is 1.71. The first-order chi connectivity index (χ1) is 12.8. The molecule has 0 bridgehead atoms. The first-order valence-corrected chi connectivity index (χ1v) is 9.36. The third-order valence-electron chi connectivity index (χ3n) is 4.58. The molecule has 3 atom stereocenters. The van der Waals surface area contributed by atoms with E-state index in [1.165, 1.54) is 13.0 Å². The molecule has 0 radical (unpaired) electrons. The summed E-state index contributed by atoms with van der Waals surface area (Å²) in [5.74, 6) is -1.17. The van der Waals surface area contributed by atoms with E-state index in [0.29, 0.717) is 10.8 Å². The molecular weight excluding hydrogens is 368 g/mol. The summed E-state index contributed by atoms with van der Waals surface area (Å²) in [6.07, 6.45) is -1.10. The number of carbonyl (C=O) groups excluding carboxylic acids is 3. The van der Waals surface area contributed by atoms with E-state index in [1.54, 1.807) is 17.5 Å². The van der Waals surface area contributed by atoms with Crippen LogP contribution in [0, 0.1) is 0 Å². The van der Waals surface area contributed by atoms with Crippen molar-refractivity contribution in [3.63, 3.8) is 0 Å². The van der Waals surface area contributed by atoms with Crippen LogP contribution in [0.2, 0.25) is 0 Å². The minimum absolute atomic E-state index is 0.0410. The van der Waals surface area contributed by atoms with E-state index in [2.05, 4.69) is 5.32 Å². The number of ether oxygens (including phenoxy) is 2. The highest BCUT2D eigenvalue weighted by Crippen LogP contribution is 2.40. The monoisotopic (exact) mass is 388 g/mol. The number of para-hydroxylation sites is 1. The van der Waals surface area contributed by atoms with Gasteiger partial charge in [0.1, 0.15) is 22.4 Å². The average molecular weight is 388 g/mol. The van der Waals surface area contributed by atoms with Gasteiger partial charge in [-0.2, -0.15) is 0 Å². The Kier molecular flexibility index (Phi) is 5.18. The lowest BCUT2D eigenvalue weighted by Crippen LogP contribution is -2.30. The largest absolute Gasteiger partial charge is 0.489 e. The topological polar surface area (TPSA) is 108 Å². The lowest BCUT2D eigenvalue weighted by molar-refractivity contribution is -0.123. The van der Waals surface area contributed by atoms with Crippen LogP contribution in [0.1, 0.15) is 53.0 Å². The quantitative estimate of drug-likeness (QED) is 0.766. The number of thiophene rings is 1. The van der Waals surface area contributed by atoms with E-state index in [0.717, 1.165) is 16.9 Å². The van der Waals surface area contributed by atoms with Crippen LogP contribution in [0.15, 0.2) is 29.6 Å². The molecule has 0 saturated heterocycles. The molecule has 27 heavy (non-hydrogen) atoms. The van der Waals surface area contributed by atoms with Gasteiger partial charge in [0, 0.05) is 11.5 Å². The lowest BCUT2D eigenvalue weighted by atomic mass is 9.97. The molecule has 3 rings (SSSR count). The summed E-state index contributed by atoms with van der Waals surface area (Å²) in [5.41, 5.74) is 6.70. The fraction of sp³-hybridized carbons (Fsp3) is 0.316. The van der Waals surface area contributed by atoms with Crippen molar-refractivity contribution in [1.82, 2.24) is 0 Å². The van der Waals surface area contributed by atoms with Crippen LogP contribution in [-0.4, -0.2) is 30.0 Å². The summed E-state index contributed by atoms with van der Waals surface area (Å²) in [7, 11) is 0. The summed E-state index contributed by atoms with van der Waals surface area (Å²) in [4.78, 5) is 36.2. The smallest absolute Gasteiger partial charge is 0.342 e. The van der Waals surface area contributed by atoms with Crippen molar-refractivity contribution >= 4 is 34.1 Å². The number of primary amides is 1. The highest BCUT2D eigenvalue weighted by atomic mass is 32.1. The zero-order valence-corrected chi connectivity index (χ0v) is 16.0. The van der Waals surface area contributed by atoms with E-state index in [9.17, 15) is 14.4 Å². The molecule has 0 aliphatic carbocycles. The predicted octanol–water partition coefficient (Wildman–Crippen LogP) is 2.92. The Morgan fingerprint density at radius 1 is 1.22 bits per heavy atom. The Morgan fingerprint density at radius 3 is 2.67 bits per heavy atom. The van der Waals surface area contributed by atoms with Crippen LogP contribution < -0.4 is 15.8 Å². The third kappa shape index (κ3) is 3.66. The predicted molar refractivity (Wildman–Crippen MR) is 101 cm³/mol. The standard InChI is InChI=1S/C19H20N2O5S/c1-9-10(2)25-15-12(9)5-4-6-13(15)19(24)26-11(3)17(23)21-18-14(16(20)22)7-8-27-18/h4-11H,1-3H3,(H2,20,22)(H,21,23)/t9-,10+,11+/m1/s1. The van der Waals surface area contributed by atoms with Gasteiger partial charge in [0.15, 0.2) is 6.10 Å². The van der Waals surface area contributed by atoms with E-state index in [4.69, 9.17) is 15.2 Å². The molecule has 3 N–H and O–H groups in total. The van der Waals surface area contributed by atoms with Gasteiger partial charge in [0.05, 0.1) is 5.56 Å². The van der Waals surface area contributed by atoms with Gasteiger partial charge < -0.3 is 20.5 Å². The molecule has 0 spiro atoms. The number of esters is 1. The zero-order valence-electron chi connectivity index (χ0n) is 15.1. The van der Waals surface area contributed by atoms with Crippen LogP contribution >= 0.6 is 11.3 Å². The van der Waals surface area contributed by atoms with E-state index in [1.807, 2.05) is 19.9 Å². The number of rotatable bonds is 5. The maximum Gasteiger partial charge on any atom is 0.342 e.